The predicted octanol–water partition coefficient (Wildman–Crippen LogP) is 6.84. The largest absolute Gasteiger partial charge is 0.452 e. The average molecular weight is 633 g/mol. The van der Waals surface area contributed by atoms with Gasteiger partial charge in [-0.3, -0.25) is 9.20 Å². The number of ether oxygens (including phenoxy) is 1. The lowest BCUT2D eigenvalue weighted by Crippen LogP contribution is -2.32. The number of nitrogens with one attached hydrogen (secondary N) is 1. The number of fused-ring (bicyclic) bond motifs is 1. The van der Waals surface area contributed by atoms with Crippen molar-refractivity contribution in [2.75, 3.05) is 18.0 Å². The Morgan fingerprint density at radius 2 is 1.69 bits per heavy atom. The van der Waals surface area contributed by atoms with Crippen LogP contribution in [0.15, 0.2) is 66.9 Å². The number of alkyl halides is 3. The Morgan fingerprint density at radius 3 is 2.29 bits per heavy atom. The number of carbonyl (C=O) groups is 1. The number of amides is 1. The molecule has 1 fully saturated rings. The molecule has 0 bridgehead atoms. The van der Waals surface area contributed by atoms with E-state index in [0.29, 0.717) is 30.3 Å². The van der Waals surface area contributed by atoms with Crippen molar-refractivity contribution in [1.29, 1.82) is 0 Å². The van der Waals surface area contributed by atoms with Crippen LogP contribution in [0.1, 0.15) is 58.6 Å². The molecular weight excluding hydrogens is 598 g/mol. The molecule has 222 valence electrons. The number of hydrogen-bond acceptors (Lipinski definition) is 4. The number of carbonyl (C=O) groups excluding carboxylic acids is 1. The van der Waals surface area contributed by atoms with E-state index in [-0.39, 0.29) is 22.8 Å². The maximum atomic E-state index is 14.1. The highest BCUT2D eigenvalue weighted by molar-refractivity contribution is 7.38. The summed E-state index contributed by atoms with van der Waals surface area (Å²) in [6, 6.07) is 18.5. The van der Waals surface area contributed by atoms with Gasteiger partial charge in [-0.1, -0.05) is 40.4 Å². The Morgan fingerprint density at radius 1 is 1.02 bits per heavy atom. The highest BCUT2D eigenvalue weighted by Gasteiger charge is 2.30. The number of piperidine rings is 1. The third-order valence-electron chi connectivity index (χ3n) is 7.51. The SMILES string of the molecule is CCc1nc2c(C(F)(F)P)cccn2c1C(=O)NCc1ccc(N2CCC(c3ccc(OC(F)(P)P)cc3)CC2)cc1. The number of anilines is 1. The second kappa shape index (κ2) is 12.5. The van der Waals surface area contributed by atoms with Gasteiger partial charge >= 0.3 is 0 Å². The van der Waals surface area contributed by atoms with E-state index in [1.165, 1.54) is 31.3 Å². The number of pyridine rings is 1. The van der Waals surface area contributed by atoms with Crippen molar-refractivity contribution in [2.24, 2.45) is 0 Å². The van der Waals surface area contributed by atoms with Crippen LogP contribution in [0.5, 0.6) is 5.75 Å². The summed E-state index contributed by atoms with van der Waals surface area (Å²) in [6.45, 7) is 3.97. The van der Waals surface area contributed by atoms with Crippen molar-refractivity contribution >= 4 is 45.0 Å². The fourth-order valence-electron chi connectivity index (χ4n) is 5.41. The van der Waals surface area contributed by atoms with E-state index in [9.17, 15) is 18.0 Å². The molecule has 1 N–H and O–H groups in total. The Hall–Kier alpha value is -2.72. The maximum absolute atomic E-state index is 14.1. The van der Waals surface area contributed by atoms with Crippen molar-refractivity contribution in [3.05, 3.63) is 94.9 Å². The molecule has 2 aromatic heterocycles. The van der Waals surface area contributed by atoms with Crippen LogP contribution < -0.4 is 15.0 Å². The van der Waals surface area contributed by atoms with Gasteiger partial charge in [0.2, 0.25) is 0 Å². The fraction of sp³-hybridized carbons (Fsp3) is 0.333. The number of imidazole rings is 1. The molecule has 0 radical (unpaired) electrons. The zero-order chi connectivity index (χ0) is 30.1. The maximum Gasteiger partial charge on any atom is 0.287 e. The molecule has 1 amide bonds. The summed E-state index contributed by atoms with van der Waals surface area (Å²) in [5.74, 6) is 0.553. The van der Waals surface area contributed by atoms with E-state index in [0.717, 1.165) is 37.2 Å². The molecule has 0 spiro atoms. The van der Waals surface area contributed by atoms with Gasteiger partial charge in [0, 0.05) is 31.5 Å². The van der Waals surface area contributed by atoms with Crippen LogP contribution in [0.3, 0.4) is 0 Å². The molecule has 1 aliphatic rings. The molecule has 1 saturated heterocycles. The van der Waals surface area contributed by atoms with Crippen molar-refractivity contribution in [3.8, 4) is 5.75 Å². The first-order valence-corrected chi connectivity index (χ1v) is 15.5. The van der Waals surface area contributed by atoms with Crippen molar-refractivity contribution < 1.29 is 22.7 Å². The minimum atomic E-state index is -3.15. The third-order valence-corrected chi connectivity index (χ3v) is 8.05. The molecule has 2 aromatic carbocycles. The summed E-state index contributed by atoms with van der Waals surface area (Å²) in [5.41, 5.74) is 0.701. The van der Waals surface area contributed by atoms with Gasteiger partial charge in [0.05, 0.1) is 11.3 Å². The Labute approximate surface area is 250 Å². The second-order valence-electron chi connectivity index (χ2n) is 10.5. The monoisotopic (exact) mass is 632 g/mol. The van der Waals surface area contributed by atoms with E-state index in [4.69, 9.17) is 4.74 Å². The van der Waals surface area contributed by atoms with E-state index in [1.807, 2.05) is 49.7 Å². The highest BCUT2D eigenvalue weighted by Crippen LogP contribution is 2.38. The van der Waals surface area contributed by atoms with E-state index >= 15 is 0 Å². The van der Waals surface area contributed by atoms with Gasteiger partial charge in [-0.15, -0.1) is 0 Å². The molecule has 42 heavy (non-hydrogen) atoms. The van der Waals surface area contributed by atoms with Gasteiger partial charge in [-0.2, -0.15) is 13.2 Å². The Balaban J connectivity index is 1.18. The fourth-order valence-corrected chi connectivity index (χ4v) is 5.91. The molecule has 3 atom stereocenters. The summed E-state index contributed by atoms with van der Waals surface area (Å²) in [4.78, 5) is 19.9. The van der Waals surface area contributed by atoms with Crippen molar-refractivity contribution in [1.82, 2.24) is 14.7 Å². The summed E-state index contributed by atoms with van der Waals surface area (Å²) < 4.78 is 48.6. The Bertz CT molecular complexity index is 1540. The number of aromatic nitrogens is 2. The average Bonchev–Trinajstić information content (AvgIpc) is 3.34. The molecule has 4 aromatic rings. The lowest BCUT2D eigenvalue weighted by molar-refractivity contribution is 0.0942. The lowest BCUT2D eigenvalue weighted by Gasteiger charge is -2.34. The van der Waals surface area contributed by atoms with Gasteiger partial charge in [0.15, 0.2) is 0 Å². The number of aryl methyl sites for hydroxylation is 1. The zero-order valence-electron chi connectivity index (χ0n) is 23.2. The van der Waals surface area contributed by atoms with Crippen LogP contribution in [0, 0.1) is 0 Å². The van der Waals surface area contributed by atoms with Gasteiger partial charge in [0.25, 0.3) is 16.9 Å². The van der Waals surface area contributed by atoms with Gasteiger partial charge in [-0.25, -0.2) is 4.98 Å². The Kier molecular flexibility index (Phi) is 9.13. The standard InChI is InChI=1S/C30H34F3N4O2P3/c1-2-25-26(37-15-3-4-24(27(37)35-25)29(31,32)40)28(38)34-18-19-5-9-22(10-6-19)36-16-13-21(14-17-36)20-7-11-23(12-8-20)39-30(33,41)42/h3-12,15,21H,2,13-14,16-18,40-42H2,1H3,(H,34,38). The highest BCUT2D eigenvalue weighted by atomic mass is 31.1. The van der Waals surface area contributed by atoms with Crippen molar-refractivity contribution in [2.45, 2.75) is 49.6 Å². The normalized spacial score (nSPS) is 14.8. The summed E-state index contributed by atoms with van der Waals surface area (Å²) in [6.07, 6.45) is 4.03. The molecule has 3 heterocycles. The first-order valence-electron chi connectivity index (χ1n) is 13.8. The molecular formula is C30H34F3N4O2P3. The topological polar surface area (TPSA) is 58.9 Å². The van der Waals surface area contributed by atoms with Crippen LogP contribution in [-0.4, -0.2) is 33.7 Å². The third kappa shape index (κ3) is 7.08. The van der Waals surface area contributed by atoms with Gasteiger partial charge in [-0.05, 0) is 91.2 Å². The van der Waals surface area contributed by atoms with Crippen LogP contribution in [0.4, 0.5) is 18.9 Å². The summed E-state index contributed by atoms with van der Waals surface area (Å²) >= 11 is 0. The first kappa shape index (κ1) is 30.7. The second-order valence-corrected chi connectivity index (χ2v) is 13.4. The summed E-state index contributed by atoms with van der Waals surface area (Å²) in [5, 5.41) is 1.06. The number of benzene rings is 2. The van der Waals surface area contributed by atoms with E-state index < -0.39 is 11.0 Å². The molecule has 0 saturated carbocycles. The van der Waals surface area contributed by atoms with Crippen molar-refractivity contribution in [3.63, 3.8) is 0 Å². The lowest BCUT2D eigenvalue weighted by atomic mass is 9.89. The number of halogens is 3. The number of rotatable bonds is 9. The minimum Gasteiger partial charge on any atom is -0.452 e. The number of hydrogen-bond donors (Lipinski definition) is 1. The summed E-state index contributed by atoms with van der Waals surface area (Å²) in [7, 11) is 5.54. The predicted molar refractivity (Wildman–Crippen MR) is 170 cm³/mol. The van der Waals surface area contributed by atoms with Crippen LogP contribution in [0.25, 0.3) is 5.65 Å². The molecule has 5 rings (SSSR count). The molecule has 0 aliphatic carbocycles. The van der Waals surface area contributed by atoms with Crippen LogP contribution in [-0.2, 0) is 18.6 Å². The van der Waals surface area contributed by atoms with Gasteiger partial charge in [0.1, 0.15) is 17.1 Å². The van der Waals surface area contributed by atoms with Gasteiger partial charge < -0.3 is 15.0 Å². The first-order chi connectivity index (χ1) is 19.9. The molecule has 6 nitrogen and oxygen atoms in total. The van der Waals surface area contributed by atoms with Crippen LogP contribution >= 0.6 is 27.7 Å². The molecule has 12 heteroatoms. The quantitative estimate of drug-likeness (QED) is 0.205. The number of nitrogens with zero attached hydrogens (tertiary/aromatic N) is 3. The minimum absolute atomic E-state index is 0.0814. The molecule has 3 unspecified atom stereocenters. The van der Waals surface area contributed by atoms with E-state index in [1.54, 1.807) is 18.3 Å². The van der Waals surface area contributed by atoms with E-state index in [2.05, 4.69) is 27.3 Å². The van der Waals surface area contributed by atoms with Crippen LogP contribution in [0.2, 0.25) is 0 Å². The molecule has 1 aliphatic heterocycles. The zero-order valence-corrected chi connectivity index (χ0v) is 26.7. The smallest absolute Gasteiger partial charge is 0.287 e.